The highest BCUT2D eigenvalue weighted by atomic mass is 32.2. The second kappa shape index (κ2) is 7.82. The lowest BCUT2D eigenvalue weighted by atomic mass is 9.68. The number of amides is 2. The van der Waals surface area contributed by atoms with E-state index in [-0.39, 0.29) is 23.3 Å². The molecule has 2 amide bonds. The monoisotopic (exact) mass is 417 g/mol. The third kappa shape index (κ3) is 4.03. The van der Waals surface area contributed by atoms with Crippen molar-refractivity contribution in [2.45, 2.75) is 62.4 Å². The van der Waals surface area contributed by atoms with Crippen LogP contribution in [0.5, 0.6) is 0 Å². The molecule has 2 N–H and O–H groups in total. The molecule has 1 aliphatic heterocycles. The van der Waals surface area contributed by atoms with Gasteiger partial charge in [-0.3, -0.25) is 13.9 Å². The van der Waals surface area contributed by atoms with Gasteiger partial charge in [0.25, 0.3) is 10.0 Å². The molecule has 0 aromatic heterocycles. The number of fused-ring (bicyclic) bond motifs is 3. The second-order valence-electron chi connectivity index (χ2n) is 8.38. The van der Waals surface area contributed by atoms with Gasteiger partial charge in [0.2, 0.25) is 11.8 Å². The molecule has 1 aromatic carbocycles. The van der Waals surface area contributed by atoms with Gasteiger partial charge in [-0.05, 0) is 50.2 Å². The van der Waals surface area contributed by atoms with Crippen molar-refractivity contribution in [2.75, 3.05) is 0 Å². The van der Waals surface area contributed by atoms with Crippen molar-refractivity contribution >= 4 is 21.8 Å². The molecule has 4 aliphatic rings. The Hall–Kier alpha value is -2.35. The summed E-state index contributed by atoms with van der Waals surface area (Å²) in [6.07, 6.45) is 8.13. The number of aryl methyl sites for hydroxylation is 1. The first-order valence-electron chi connectivity index (χ1n) is 10.2. The fourth-order valence-corrected chi connectivity index (χ4v) is 6.22. The predicted octanol–water partition coefficient (Wildman–Crippen LogP) is 2.04. The van der Waals surface area contributed by atoms with Crippen LogP contribution >= 0.6 is 0 Å². The van der Waals surface area contributed by atoms with E-state index >= 15 is 0 Å². The lowest BCUT2D eigenvalue weighted by Crippen LogP contribution is -2.53. The number of carbonyl (C=O) groups excluding carboxylic acids is 2. The van der Waals surface area contributed by atoms with Crippen molar-refractivity contribution in [1.82, 2.24) is 14.9 Å². The van der Waals surface area contributed by atoms with Crippen molar-refractivity contribution in [3.05, 3.63) is 42.2 Å². The predicted molar refractivity (Wildman–Crippen MR) is 108 cm³/mol. The summed E-state index contributed by atoms with van der Waals surface area (Å²) in [6.45, 7) is 1.87. The summed E-state index contributed by atoms with van der Waals surface area (Å²) in [6, 6.07) is 5.48. The lowest BCUT2D eigenvalue weighted by molar-refractivity contribution is -0.130. The Kier molecular flexibility index (Phi) is 5.38. The van der Waals surface area contributed by atoms with E-state index in [4.69, 9.17) is 0 Å². The van der Waals surface area contributed by atoms with Gasteiger partial charge in [0.15, 0.2) is 0 Å². The van der Waals surface area contributed by atoms with E-state index in [1.807, 2.05) is 6.92 Å². The van der Waals surface area contributed by atoms with E-state index in [0.29, 0.717) is 11.8 Å². The Bertz CT molecular complexity index is 918. The molecule has 0 unspecified atom stereocenters. The van der Waals surface area contributed by atoms with Crippen LogP contribution in [0.15, 0.2) is 41.6 Å². The van der Waals surface area contributed by atoms with Gasteiger partial charge in [-0.2, -0.15) is 0 Å². The van der Waals surface area contributed by atoms with Crippen LogP contribution in [-0.2, 0) is 19.6 Å². The van der Waals surface area contributed by atoms with Gasteiger partial charge >= 0.3 is 0 Å². The van der Waals surface area contributed by atoms with Crippen molar-refractivity contribution in [2.24, 2.45) is 11.8 Å². The zero-order valence-electron chi connectivity index (χ0n) is 16.5. The van der Waals surface area contributed by atoms with Crippen molar-refractivity contribution < 1.29 is 18.0 Å². The van der Waals surface area contributed by atoms with E-state index < -0.39 is 22.0 Å². The first-order valence-corrected chi connectivity index (χ1v) is 11.7. The fourth-order valence-electron chi connectivity index (χ4n) is 4.77. The first-order chi connectivity index (χ1) is 13.8. The molecule has 29 heavy (non-hydrogen) atoms. The van der Waals surface area contributed by atoms with Crippen LogP contribution in [0.1, 0.15) is 44.1 Å². The normalized spacial score (nSPS) is 28.9. The summed E-state index contributed by atoms with van der Waals surface area (Å²) < 4.78 is 27.2. The minimum Gasteiger partial charge on any atom is -0.353 e. The minimum atomic E-state index is -3.94. The van der Waals surface area contributed by atoms with E-state index in [2.05, 4.69) is 10.6 Å². The van der Waals surface area contributed by atoms with Crippen LogP contribution in [0.3, 0.4) is 0 Å². The largest absolute Gasteiger partial charge is 0.353 e. The zero-order chi connectivity index (χ0) is 20.6. The maximum absolute atomic E-state index is 13.1. The molecule has 2 bridgehead atoms. The highest BCUT2D eigenvalue weighted by Gasteiger charge is 2.39. The number of nitrogens with zero attached hydrogens (tertiary/aromatic N) is 1. The summed E-state index contributed by atoms with van der Waals surface area (Å²) in [5.74, 6) is 0.395. The zero-order valence-corrected chi connectivity index (χ0v) is 17.3. The SMILES string of the molecule is Cc1ccc(S(=O)(=O)N2C=CNC(=O)[C@H]2CC(=O)N[C@@H]2CC3CCC2CC3)cc1. The molecule has 3 fully saturated rings. The number of nitrogens with one attached hydrogen (secondary N) is 2. The molecule has 0 saturated heterocycles. The molecule has 7 nitrogen and oxygen atoms in total. The highest BCUT2D eigenvalue weighted by Crippen LogP contribution is 2.41. The highest BCUT2D eigenvalue weighted by molar-refractivity contribution is 7.89. The van der Waals surface area contributed by atoms with E-state index in [0.717, 1.165) is 29.1 Å². The summed E-state index contributed by atoms with van der Waals surface area (Å²) in [5, 5.41) is 5.60. The lowest BCUT2D eigenvalue weighted by Gasteiger charge is -2.42. The molecule has 5 rings (SSSR count). The summed E-state index contributed by atoms with van der Waals surface area (Å²) >= 11 is 0. The van der Waals surface area contributed by atoms with Gasteiger partial charge in [0, 0.05) is 18.4 Å². The molecule has 156 valence electrons. The van der Waals surface area contributed by atoms with E-state index in [1.54, 1.807) is 12.1 Å². The van der Waals surface area contributed by atoms with E-state index in [9.17, 15) is 18.0 Å². The minimum absolute atomic E-state index is 0.0949. The molecule has 0 spiro atoms. The smallest absolute Gasteiger partial charge is 0.264 e. The summed E-state index contributed by atoms with van der Waals surface area (Å²) in [7, 11) is -3.94. The molecule has 1 heterocycles. The van der Waals surface area contributed by atoms with Gasteiger partial charge in [-0.15, -0.1) is 0 Å². The van der Waals surface area contributed by atoms with Crippen LogP contribution < -0.4 is 10.6 Å². The Morgan fingerprint density at radius 3 is 2.48 bits per heavy atom. The van der Waals surface area contributed by atoms with Gasteiger partial charge in [0.1, 0.15) is 6.04 Å². The van der Waals surface area contributed by atoms with Gasteiger partial charge in [-0.25, -0.2) is 8.42 Å². The molecular formula is C21H27N3O4S. The van der Waals surface area contributed by atoms with Gasteiger partial charge in [0.05, 0.1) is 11.3 Å². The summed E-state index contributed by atoms with van der Waals surface area (Å²) in [4.78, 5) is 25.3. The number of benzene rings is 1. The van der Waals surface area contributed by atoms with Crippen LogP contribution in [0.2, 0.25) is 0 Å². The van der Waals surface area contributed by atoms with Crippen molar-refractivity contribution in [1.29, 1.82) is 0 Å². The van der Waals surface area contributed by atoms with Crippen LogP contribution in [0.25, 0.3) is 0 Å². The Morgan fingerprint density at radius 1 is 1.17 bits per heavy atom. The molecule has 0 radical (unpaired) electrons. The van der Waals surface area contributed by atoms with Crippen LogP contribution in [0.4, 0.5) is 0 Å². The van der Waals surface area contributed by atoms with Crippen LogP contribution in [-0.4, -0.2) is 36.6 Å². The standard InChI is InChI=1S/C21H27N3O4S/c1-14-2-8-17(9-3-14)29(27,28)24-11-10-22-21(26)19(24)13-20(25)23-18-12-15-4-6-16(18)7-5-15/h2-3,8-11,15-16,18-19H,4-7,12-13H2,1H3,(H,22,26)(H,23,25)/t15?,16?,18-,19-/m1/s1. The third-order valence-electron chi connectivity index (χ3n) is 6.43. The first kappa shape index (κ1) is 19.9. The van der Waals surface area contributed by atoms with E-state index in [1.165, 1.54) is 37.4 Å². The third-order valence-corrected chi connectivity index (χ3v) is 8.23. The molecule has 2 atom stereocenters. The molecule has 1 aromatic rings. The van der Waals surface area contributed by atoms with Crippen LogP contribution in [0, 0.1) is 18.8 Å². The number of hydrogen-bond acceptors (Lipinski definition) is 4. The number of rotatable bonds is 5. The van der Waals surface area contributed by atoms with Gasteiger partial charge in [-0.1, -0.05) is 30.5 Å². The number of sulfonamides is 1. The van der Waals surface area contributed by atoms with Crippen molar-refractivity contribution in [3.8, 4) is 0 Å². The Labute approximate surface area is 171 Å². The Balaban J connectivity index is 1.50. The maximum Gasteiger partial charge on any atom is 0.264 e. The molecular weight excluding hydrogens is 390 g/mol. The van der Waals surface area contributed by atoms with Crippen molar-refractivity contribution in [3.63, 3.8) is 0 Å². The number of carbonyl (C=O) groups is 2. The maximum atomic E-state index is 13.1. The topological polar surface area (TPSA) is 95.6 Å². The average molecular weight is 418 g/mol. The quantitative estimate of drug-likeness (QED) is 0.766. The number of hydrogen-bond donors (Lipinski definition) is 2. The molecule has 3 aliphatic carbocycles. The molecule has 3 saturated carbocycles. The summed E-state index contributed by atoms with van der Waals surface area (Å²) in [5.41, 5.74) is 0.939. The fraction of sp³-hybridized carbons (Fsp3) is 0.524. The average Bonchev–Trinajstić information content (AvgIpc) is 2.70. The second-order valence-corrected chi connectivity index (χ2v) is 10.2. The Morgan fingerprint density at radius 2 is 1.86 bits per heavy atom. The molecule has 8 heteroatoms. The van der Waals surface area contributed by atoms with Gasteiger partial charge < -0.3 is 10.6 Å².